The highest BCUT2D eigenvalue weighted by Gasteiger charge is 2.39. The van der Waals surface area contributed by atoms with Gasteiger partial charge in [0.15, 0.2) is 5.17 Å². The smallest absolute Gasteiger partial charge is 0.245 e. The second-order valence-electron chi connectivity index (χ2n) is 4.62. The Bertz CT molecular complexity index is 524. The van der Waals surface area contributed by atoms with Crippen LogP contribution in [0.3, 0.4) is 0 Å². The molecule has 0 aliphatic carbocycles. The lowest BCUT2D eigenvalue weighted by molar-refractivity contribution is -0.121. The molecule has 20 heavy (non-hydrogen) atoms. The Kier molecular flexibility index (Phi) is 4.40. The van der Waals surface area contributed by atoms with Gasteiger partial charge in [-0.3, -0.25) is 9.79 Å². The Morgan fingerprint density at radius 2 is 2.15 bits per heavy atom. The van der Waals surface area contributed by atoms with Crippen LogP contribution in [0.1, 0.15) is 11.6 Å². The summed E-state index contributed by atoms with van der Waals surface area (Å²) in [7, 11) is 0. The number of alkyl halides is 1. The molecule has 1 amide bonds. The van der Waals surface area contributed by atoms with Crippen molar-refractivity contribution in [3.8, 4) is 0 Å². The van der Waals surface area contributed by atoms with E-state index in [-0.39, 0.29) is 22.8 Å². The quantitative estimate of drug-likeness (QED) is 0.698. The van der Waals surface area contributed by atoms with Gasteiger partial charge in [0.2, 0.25) is 5.91 Å². The monoisotopic (exact) mass is 354 g/mol. The molecule has 106 valence electrons. The van der Waals surface area contributed by atoms with Crippen LogP contribution in [-0.2, 0) is 4.79 Å². The molecule has 0 aromatic heterocycles. The van der Waals surface area contributed by atoms with Gasteiger partial charge in [-0.1, -0.05) is 58.0 Å². The zero-order chi connectivity index (χ0) is 13.9. The van der Waals surface area contributed by atoms with E-state index in [1.54, 1.807) is 11.8 Å². The Morgan fingerprint density at radius 3 is 2.85 bits per heavy atom. The number of nitrogens with zero attached hydrogens (tertiary/aromatic N) is 1. The largest absolute Gasteiger partial charge is 0.304 e. The van der Waals surface area contributed by atoms with Crippen LogP contribution in [0.15, 0.2) is 35.3 Å². The van der Waals surface area contributed by atoms with Gasteiger partial charge in [0.1, 0.15) is 6.04 Å². The lowest BCUT2D eigenvalue weighted by atomic mass is 10.0. The maximum absolute atomic E-state index is 12.3. The topological polar surface area (TPSA) is 65.5 Å². The molecule has 0 bridgehead atoms. The zero-order valence-corrected chi connectivity index (χ0v) is 13.1. The van der Waals surface area contributed by atoms with Gasteiger partial charge in [0.05, 0.1) is 17.4 Å². The van der Waals surface area contributed by atoms with E-state index in [9.17, 15) is 4.79 Å². The van der Waals surface area contributed by atoms with Crippen molar-refractivity contribution in [3.63, 3.8) is 0 Å². The summed E-state index contributed by atoms with van der Waals surface area (Å²) in [5.74, 6) is 0.877. The first-order chi connectivity index (χ1) is 9.75. The fraction of sp³-hybridized carbons (Fsp3) is 0.385. The van der Waals surface area contributed by atoms with Crippen molar-refractivity contribution < 1.29 is 4.79 Å². The van der Waals surface area contributed by atoms with Crippen molar-refractivity contribution >= 4 is 38.8 Å². The predicted octanol–water partition coefficient (Wildman–Crippen LogP) is 1.19. The molecule has 1 aromatic carbocycles. The van der Waals surface area contributed by atoms with E-state index in [2.05, 4.69) is 37.1 Å². The lowest BCUT2D eigenvalue weighted by Gasteiger charge is -2.16. The SMILES string of the molecule is O=C(NC1=NCCS1)C1NNC(c2ccccc2)C1Br. The summed E-state index contributed by atoms with van der Waals surface area (Å²) in [5.41, 5.74) is 7.37. The average molecular weight is 355 g/mol. The maximum Gasteiger partial charge on any atom is 0.245 e. The zero-order valence-electron chi connectivity index (χ0n) is 10.7. The molecule has 2 aliphatic heterocycles. The fourth-order valence-corrected chi connectivity index (χ4v) is 3.80. The highest BCUT2D eigenvalue weighted by atomic mass is 79.9. The molecule has 0 radical (unpaired) electrons. The number of halogens is 1. The highest BCUT2D eigenvalue weighted by molar-refractivity contribution is 9.09. The molecule has 3 unspecified atom stereocenters. The number of hydrogen-bond donors (Lipinski definition) is 3. The van der Waals surface area contributed by atoms with E-state index < -0.39 is 0 Å². The Balaban J connectivity index is 1.66. The predicted molar refractivity (Wildman–Crippen MR) is 84.9 cm³/mol. The number of amidine groups is 1. The van der Waals surface area contributed by atoms with Gasteiger partial charge < -0.3 is 5.32 Å². The summed E-state index contributed by atoms with van der Waals surface area (Å²) < 4.78 is 0. The number of carbonyl (C=O) groups excluding carboxylic acids is 1. The molecule has 2 aliphatic rings. The van der Waals surface area contributed by atoms with E-state index in [1.165, 1.54) is 0 Å². The number of carbonyl (C=O) groups is 1. The van der Waals surface area contributed by atoms with Crippen LogP contribution in [0.2, 0.25) is 0 Å². The second-order valence-corrected chi connectivity index (χ2v) is 6.76. The summed E-state index contributed by atoms with van der Waals surface area (Å²) in [6, 6.07) is 9.79. The minimum Gasteiger partial charge on any atom is -0.304 e. The number of amides is 1. The van der Waals surface area contributed by atoms with Crippen molar-refractivity contribution in [2.75, 3.05) is 12.3 Å². The minimum atomic E-state index is -0.330. The van der Waals surface area contributed by atoms with E-state index >= 15 is 0 Å². The molecular weight excluding hydrogens is 340 g/mol. The highest BCUT2D eigenvalue weighted by Crippen LogP contribution is 2.28. The van der Waals surface area contributed by atoms with Gasteiger partial charge in [-0.15, -0.1) is 0 Å². The molecule has 7 heteroatoms. The second kappa shape index (κ2) is 6.26. The number of rotatable bonds is 2. The third kappa shape index (κ3) is 2.90. The van der Waals surface area contributed by atoms with Crippen molar-refractivity contribution in [1.29, 1.82) is 0 Å². The standard InChI is InChI=1S/C13H15BrN4OS/c14-9-10(8-4-2-1-3-5-8)17-18-11(9)12(19)16-13-15-6-7-20-13/h1-5,9-11,17-18H,6-7H2,(H,15,16,19). The van der Waals surface area contributed by atoms with Crippen molar-refractivity contribution in [1.82, 2.24) is 16.2 Å². The van der Waals surface area contributed by atoms with Gasteiger partial charge in [-0.05, 0) is 5.56 Å². The Morgan fingerprint density at radius 1 is 1.35 bits per heavy atom. The van der Waals surface area contributed by atoms with Crippen molar-refractivity contribution in [2.45, 2.75) is 16.9 Å². The van der Waals surface area contributed by atoms with Crippen LogP contribution in [-0.4, -0.2) is 34.2 Å². The van der Waals surface area contributed by atoms with Crippen LogP contribution in [0.4, 0.5) is 0 Å². The first kappa shape index (κ1) is 14.1. The molecule has 3 atom stereocenters. The number of benzene rings is 1. The van der Waals surface area contributed by atoms with Crippen LogP contribution >= 0.6 is 27.7 Å². The van der Waals surface area contributed by atoms with E-state index in [0.717, 1.165) is 23.0 Å². The van der Waals surface area contributed by atoms with Gasteiger partial charge in [-0.2, -0.15) is 0 Å². The van der Waals surface area contributed by atoms with Gasteiger partial charge in [0, 0.05) is 5.75 Å². The van der Waals surface area contributed by atoms with Crippen LogP contribution < -0.4 is 16.2 Å². The lowest BCUT2D eigenvalue weighted by Crippen LogP contribution is -2.47. The summed E-state index contributed by atoms with van der Waals surface area (Å²) in [6.45, 7) is 0.779. The molecule has 1 saturated heterocycles. The number of nitrogens with one attached hydrogen (secondary N) is 3. The maximum atomic E-state index is 12.3. The summed E-state index contributed by atoms with van der Waals surface area (Å²) in [6.07, 6.45) is 0. The molecule has 5 nitrogen and oxygen atoms in total. The van der Waals surface area contributed by atoms with E-state index in [0.29, 0.717) is 0 Å². The van der Waals surface area contributed by atoms with E-state index in [1.807, 2.05) is 30.3 Å². The number of hydrazine groups is 1. The van der Waals surface area contributed by atoms with E-state index in [4.69, 9.17) is 0 Å². The van der Waals surface area contributed by atoms with Crippen LogP contribution in [0.25, 0.3) is 0 Å². The third-order valence-electron chi connectivity index (χ3n) is 3.29. The molecule has 1 aromatic rings. The molecule has 0 spiro atoms. The Hall–Kier alpha value is -0.890. The normalized spacial score (nSPS) is 29.2. The van der Waals surface area contributed by atoms with Gasteiger partial charge in [-0.25, -0.2) is 10.9 Å². The average Bonchev–Trinajstić information content (AvgIpc) is 3.09. The van der Waals surface area contributed by atoms with Crippen molar-refractivity contribution in [2.24, 2.45) is 4.99 Å². The summed E-state index contributed by atoms with van der Waals surface area (Å²) >= 11 is 5.21. The molecule has 3 rings (SSSR count). The Labute approximate surface area is 130 Å². The fourth-order valence-electron chi connectivity index (χ4n) is 2.26. The molecule has 1 fully saturated rings. The van der Waals surface area contributed by atoms with Gasteiger partial charge >= 0.3 is 0 Å². The summed E-state index contributed by atoms with van der Waals surface area (Å²) in [5, 5.41) is 3.59. The molecule has 2 heterocycles. The van der Waals surface area contributed by atoms with Crippen molar-refractivity contribution in [3.05, 3.63) is 35.9 Å². The van der Waals surface area contributed by atoms with Gasteiger partial charge in [0.25, 0.3) is 0 Å². The number of thioether (sulfide) groups is 1. The summed E-state index contributed by atoms with van der Waals surface area (Å²) in [4.78, 5) is 16.5. The number of aliphatic imine (C=N–C) groups is 1. The third-order valence-corrected chi connectivity index (χ3v) is 5.24. The number of hydrogen-bond acceptors (Lipinski definition) is 5. The van der Waals surface area contributed by atoms with Crippen LogP contribution in [0.5, 0.6) is 0 Å². The first-order valence-electron chi connectivity index (χ1n) is 6.44. The first-order valence-corrected chi connectivity index (χ1v) is 8.34. The molecule has 3 N–H and O–H groups in total. The molecular formula is C13H15BrN4OS. The minimum absolute atomic E-state index is 0.0168. The molecule has 0 saturated carbocycles. The van der Waals surface area contributed by atoms with Crippen LogP contribution in [0, 0.1) is 0 Å².